The van der Waals surface area contributed by atoms with Crippen LogP contribution in [0.15, 0.2) is 11.6 Å². The number of alkyl halides is 1. The van der Waals surface area contributed by atoms with E-state index in [4.69, 9.17) is 16.9 Å². The van der Waals surface area contributed by atoms with Gasteiger partial charge in [0.2, 0.25) is 0 Å². The number of nitrogens with one attached hydrogen (secondary N) is 1. The predicted octanol–water partition coefficient (Wildman–Crippen LogP) is 2.02. The Bertz CT molecular complexity index is 227. The molecule has 1 aliphatic rings. The summed E-state index contributed by atoms with van der Waals surface area (Å²) in [5.74, 6) is 0.558. The van der Waals surface area contributed by atoms with Gasteiger partial charge >= 0.3 is 0 Å². The summed E-state index contributed by atoms with van der Waals surface area (Å²) >= 11 is 5.92. The van der Waals surface area contributed by atoms with Crippen LogP contribution in [0.2, 0.25) is 0 Å². The highest BCUT2D eigenvalue weighted by Gasteiger charge is 2.22. The second kappa shape index (κ2) is 3.93. The van der Waals surface area contributed by atoms with E-state index in [-0.39, 0.29) is 5.50 Å². The fraction of sp³-hybridized carbons (Fsp3) is 0.667. The zero-order valence-electron chi connectivity index (χ0n) is 7.34. The highest BCUT2D eigenvalue weighted by atomic mass is 35.5. The predicted molar refractivity (Wildman–Crippen MR) is 49.7 cm³/mol. The van der Waals surface area contributed by atoms with Crippen molar-refractivity contribution in [2.24, 2.45) is 5.92 Å². The third-order valence-corrected chi connectivity index (χ3v) is 2.52. The van der Waals surface area contributed by atoms with Crippen molar-refractivity contribution in [3.05, 3.63) is 11.6 Å². The summed E-state index contributed by atoms with van der Waals surface area (Å²) in [6.07, 6.45) is 2.84. The molecule has 1 N–H and O–H groups in total. The molecule has 2 unspecified atom stereocenters. The van der Waals surface area contributed by atoms with Crippen LogP contribution < -0.4 is 5.32 Å². The lowest BCUT2D eigenvalue weighted by atomic mass is 9.96. The number of hydrogen-bond donors (Lipinski definition) is 1. The van der Waals surface area contributed by atoms with Gasteiger partial charge in [-0.25, -0.2) is 0 Å². The minimum Gasteiger partial charge on any atom is -0.294 e. The van der Waals surface area contributed by atoms with Crippen molar-refractivity contribution in [1.82, 2.24) is 5.32 Å². The van der Waals surface area contributed by atoms with Crippen LogP contribution in [0.5, 0.6) is 0 Å². The molecule has 2 atom stereocenters. The molecule has 1 aliphatic heterocycles. The van der Waals surface area contributed by atoms with Crippen LogP contribution >= 0.6 is 11.6 Å². The zero-order valence-corrected chi connectivity index (χ0v) is 8.10. The lowest BCUT2D eigenvalue weighted by Gasteiger charge is -2.28. The van der Waals surface area contributed by atoms with Crippen LogP contribution in [-0.4, -0.2) is 11.5 Å². The highest BCUT2D eigenvalue weighted by Crippen LogP contribution is 2.19. The maximum atomic E-state index is 8.64. The molecule has 12 heavy (non-hydrogen) atoms. The summed E-state index contributed by atoms with van der Waals surface area (Å²) in [6.45, 7) is 4.29. The fourth-order valence-corrected chi connectivity index (χ4v) is 1.57. The van der Waals surface area contributed by atoms with Gasteiger partial charge in [-0.15, -0.1) is 0 Å². The van der Waals surface area contributed by atoms with Gasteiger partial charge in [-0.05, 0) is 12.3 Å². The van der Waals surface area contributed by atoms with Crippen molar-refractivity contribution >= 4 is 11.6 Å². The molecule has 0 saturated heterocycles. The molecule has 0 radical (unpaired) electrons. The highest BCUT2D eigenvalue weighted by molar-refractivity contribution is 6.22. The van der Waals surface area contributed by atoms with Gasteiger partial charge < -0.3 is 0 Å². The Labute approximate surface area is 78.2 Å². The Morgan fingerprint density at radius 2 is 2.42 bits per heavy atom. The standard InChI is InChI=1S/C9H13ClN2/c1-6(2)8-4-3-7(5-11)9(10)12-8/h3,6,8-9,12H,4H2,1-2H3. The Morgan fingerprint density at radius 3 is 2.83 bits per heavy atom. The van der Waals surface area contributed by atoms with Crippen LogP contribution in [-0.2, 0) is 0 Å². The molecule has 0 aromatic carbocycles. The molecule has 0 saturated carbocycles. The molecule has 0 aromatic heterocycles. The third kappa shape index (κ3) is 2.00. The number of hydrogen-bond acceptors (Lipinski definition) is 2. The van der Waals surface area contributed by atoms with Gasteiger partial charge in [0.1, 0.15) is 5.50 Å². The van der Waals surface area contributed by atoms with Crippen LogP contribution in [0.3, 0.4) is 0 Å². The van der Waals surface area contributed by atoms with Gasteiger partial charge in [-0.3, -0.25) is 5.32 Å². The van der Waals surface area contributed by atoms with E-state index in [9.17, 15) is 0 Å². The molecule has 0 aliphatic carbocycles. The Morgan fingerprint density at radius 1 is 1.75 bits per heavy atom. The molecule has 0 spiro atoms. The molecular formula is C9H13ClN2. The van der Waals surface area contributed by atoms with Crippen LogP contribution in [0.25, 0.3) is 0 Å². The molecule has 3 heteroatoms. The summed E-state index contributed by atoms with van der Waals surface area (Å²) in [7, 11) is 0. The molecule has 2 nitrogen and oxygen atoms in total. The Kier molecular flexibility index (Phi) is 3.13. The summed E-state index contributed by atoms with van der Waals surface area (Å²) in [6, 6.07) is 2.49. The van der Waals surface area contributed by atoms with Gasteiger partial charge in [0.15, 0.2) is 0 Å². The van der Waals surface area contributed by atoms with E-state index in [2.05, 4.69) is 25.2 Å². The molecule has 66 valence electrons. The largest absolute Gasteiger partial charge is 0.294 e. The molecule has 1 heterocycles. The average molecular weight is 185 g/mol. The summed E-state index contributed by atoms with van der Waals surface area (Å²) in [5.41, 5.74) is 0.352. The Hall–Kier alpha value is -0.520. The number of halogens is 1. The van der Waals surface area contributed by atoms with Crippen molar-refractivity contribution in [3.8, 4) is 6.07 Å². The first-order chi connectivity index (χ1) is 5.65. The fourth-order valence-electron chi connectivity index (χ4n) is 1.27. The molecule has 1 rings (SSSR count). The molecule has 0 bridgehead atoms. The zero-order chi connectivity index (χ0) is 9.14. The van der Waals surface area contributed by atoms with Gasteiger partial charge in [0.25, 0.3) is 0 Å². The summed E-state index contributed by atoms with van der Waals surface area (Å²) in [5, 5.41) is 11.8. The first kappa shape index (κ1) is 9.57. The van der Waals surface area contributed by atoms with Crippen molar-refractivity contribution < 1.29 is 0 Å². The van der Waals surface area contributed by atoms with E-state index in [1.165, 1.54) is 0 Å². The van der Waals surface area contributed by atoms with E-state index in [1.807, 2.05) is 6.08 Å². The number of nitrogens with zero attached hydrogens (tertiary/aromatic N) is 1. The van der Waals surface area contributed by atoms with Gasteiger partial charge in [-0.2, -0.15) is 5.26 Å². The van der Waals surface area contributed by atoms with Gasteiger partial charge in [0, 0.05) is 6.04 Å². The summed E-state index contributed by atoms with van der Waals surface area (Å²) in [4.78, 5) is 0. The molecule has 0 amide bonds. The minimum atomic E-state index is -0.295. The number of nitriles is 1. The van der Waals surface area contributed by atoms with E-state index < -0.39 is 0 Å². The van der Waals surface area contributed by atoms with Gasteiger partial charge in [0.05, 0.1) is 11.6 Å². The average Bonchev–Trinajstić information content (AvgIpc) is 2.04. The van der Waals surface area contributed by atoms with Crippen molar-refractivity contribution in [2.75, 3.05) is 0 Å². The van der Waals surface area contributed by atoms with Gasteiger partial charge in [-0.1, -0.05) is 31.5 Å². The van der Waals surface area contributed by atoms with E-state index in [0.717, 1.165) is 6.42 Å². The van der Waals surface area contributed by atoms with E-state index in [0.29, 0.717) is 17.5 Å². The third-order valence-electron chi connectivity index (χ3n) is 2.16. The van der Waals surface area contributed by atoms with Crippen molar-refractivity contribution in [1.29, 1.82) is 5.26 Å². The monoisotopic (exact) mass is 184 g/mol. The lowest BCUT2D eigenvalue weighted by Crippen LogP contribution is -2.42. The second-order valence-electron chi connectivity index (χ2n) is 3.39. The van der Waals surface area contributed by atoms with E-state index >= 15 is 0 Å². The first-order valence-electron chi connectivity index (χ1n) is 4.15. The molecule has 0 fully saturated rings. The molecular weight excluding hydrogens is 172 g/mol. The normalized spacial score (nSPS) is 29.8. The summed E-state index contributed by atoms with van der Waals surface area (Å²) < 4.78 is 0. The molecule has 0 aromatic rings. The maximum Gasteiger partial charge on any atom is 0.118 e. The smallest absolute Gasteiger partial charge is 0.118 e. The van der Waals surface area contributed by atoms with E-state index in [1.54, 1.807) is 0 Å². The SMILES string of the molecule is CC(C)C1CC=C(C#N)C(Cl)N1. The minimum absolute atomic E-state index is 0.295. The maximum absolute atomic E-state index is 8.64. The lowest BCUT2D eigenvalue weighted by molar-refractivity contribution is 0.391. The van der Waals surface area contributed by atoms with Crippen LogP contribution in [0, 0.1) is 17.2 Å². The Balaban J connectivity index is 2.65. The van der Waals surface area contributed by atoms with Crippen molar-refractivity contribution in [3.63, 3.8) is 0 Å². The second-order valence-corrected chi connectivity index (χ2v) is 3.82. The quantitative estimate of drug-likeness (QED) is 0.500. The first-order valence-corrected chi connectivity index (χ1v) is 4.59. The topological polar surface area (TPSA) is 35.8 Å². The van der Waals surface area contributed by atoms with Crippen LogP contribution in [0.4, 0.5) is 0 Å². The number of rotatable bonds is 1. The van der Waals surface area contributed by atoms with Crippen LogP contribution in [0.1, 0.15) is 20.3 Å². The van der Waals surface area contributed by atoms with Crippen molar-refractivity contribution in [2.45, 2.75) is 31.8 Å².